The number of nitrogens with zero attached hydrogens (tertiary/aromatic N) is 2. The van der Waals surface area contributed by atoms with Crippen molar-refractivity contribution >= 4 is 11.7 Å². The molecule has 1 aliphatic rings. The minimum absolute atomic E-state index is 0.336. The zero-order valence-corrected chi connectivity index (χ0v) is 17.4. The van der Waals surface area contributed by atoms with Crippen LogP contribution in [-0.2, 0) is 22.5 Å². The van der Waals surface area contributed by atoms with Crippen molar-refractivity contribution in [2.75, 3.05) is 4.90 Å². The van der Waals surface area contributed by atoms with Gasteiger partial charge in [-0.3, -0.25) is 0 Å². The van der Waals surface area contributed by atoms with Gasteiger partial charge in [-0.05, 0) is 52.2 Å². The van der Waals surface area contributed by atoms with E-state index in [4.69, 9.17) is 9.47 Å². The van der Waals surface area contributed by atoms with Crippen LogP contribution in [0.5, 0.6) is 5.88 Å². The van der Waals surface area contributed by atoms with E-state index in [1.165, 1.54) is 5.56 Å². The zero-order valence-electron chi connectivity index (χ0n) is 17.4. The lowest BCUT2D eigenvalue weighted by Gasteiger charge is -2.25. The third kappa shape index (κ3) is 4.64. The summed E-state index contributed by atoms with van der Waals surface area (Å²) in [6.45, 7) is 10.5. The minimum atomic E-state index is -0.656. The summed E-state index contributed by atoms with van der Waals surface area (Å²) >= 11 is 0. The van der Waals surface area contributed by atoms with Gasteiger partial charge in [0.1, 0.15) is 5.60 Å². The quantitative estimate of drug-likeness (QED) is 0.687. The molecule has 1 aromatic carbocycles. The monoisotopic (exact) mass is 382 g/mol. The van der Waals surface area contributed by atoms with Gasteiger partial charge in [-0.2, -0.15) is 0 Å². The number of ether oxygens (including phenoxy) is 2. The van der Waals surface area contributed by atoms with Crippen LogP contribution in [0.15, 0.2) is 42.6 Å². The van der Waals surface area contributed by atoms with E-state index in [1.807, 2.05) is 39.8 Å². The van der Waals surface area contributed by atoms with Crippen molar-refractivity contribution in [3.8, 4) is 5.88 Å². The van der Waals surface area contributed by atoms with E-state index in [-0.39, 0.29) is 5.97 Å². The third-order valence-corrected chi connectivity index (χ3v) is 4.82. The molecule has 0 spiro atoms. The highest BCUT2D eigenvalue weighted by atomic mass is 16.6. The van der Waals surface area contributed by atoms with Crippen molar-refractivity contribution in [3.63, 3.8) is 0 Å². The maximum absolute atomic E-state index is 12.5. The second-order valence-electron chi connectivity index (χ2n) is 8.33. The first-order valence-electron chi connectivity index (χ1n) is 9.96. The Bertz CT molecular complexity index is 814. The lowest BCUT2D eigenvalue weighted by atomic mass is 10.1. The Labute approximate surface area is 167 Å². The molecule has 3 rings (SSSR count). The molecule has 5 heteroatoms. The molecule has 150 valence electrons. The van der Waals surface area contributed by atoms with Gasteiger partial charge in [0.2, 0.25) is 5.88 Å². The first kappa shape index (κ1) is 20.2. The second-order valence-corrected chi connectivity index (χ2v) is 8.33. The molecule has 28 heavy (non-hydrogen) atoms. The summed E-state index contributed by atoms with van der Waals surface area (Å²) in [7, 11) is 0. The van der Waals surface area contributed by atoms with Crippen LogP contribution < -0.4 is 9.64 Å². The SMILES string of the molecule is CCC(Oc1nccc2c1CC(C)N2Cc1ccccc1)C(=O)OC(C)(C)C. The van der Waals surface area contributed by atoms with Crippen molar-refractivity contribution < 1.29 is 14.3 Å². The Hall–Kier alpha value is -2.56. The van der Waals surface area contributed by atoms with Crippen molar-refractivity contribution in [1.29, 1.82) is 0 Å². The van der Waals surface area contributed by atoms with E-state index in [9.17, 15) is 4.79 Å². The summed E-state index contributed by atoms with van der Waals surface area (Å²) in [6, 6.07) is 12.8. The topological polar surface area (TPSA) is 51.7 Å². The fourth-order valence-electron chi connectivity index (χ4n) is 3.49. The molecule has 0 saturated carbocycles. The Morgan fingerprint density at radius 3 is 2.61 bits per heavy atom. The van der Waals surface area contributed by atoms with Gasteiger partial charge >= 0.3 is 5.97 Å². The van der Waals surface area contributed by atoms with Crippen LogP contribution in [-0.4, -0.2) is 28.7 Å². The molecule has 0 bridgehead atoms. The molecule has 0 radical (unpaired) electrons. The van der Waals surface area contributed by atoms with Gasteiger partial charge in [0.05, 0.1) is 0 Å². The second kappa shape index (κ2) is 8.21. The molecule has 0 saturated heterocycles. The zero-order chi connectivity index (χ0) is 20.3. The number of esters is 1. The van der Waals surface area contributed by atoms with Gasteiger partial charge in [-0.15, -0.1) is 0 Å². The number of hydrogen-bond donors (Lipinski definition) is 0. The molecule has 0 aliphatic carbocycles. The largest absolute Gasteiger partial charge is 0.462 e. The number of rotatable bonds is 6. The van der Waals surface area contributed by atoms with E-state index < -0.39 is 11.7 Å². The van der Waals surface area contributed by atoms with Gasteiger partial charge in [-0.1, -0.05) is 37.3 Å². The van der Waals surface area contributed by atoms with Gasteiger partial charge in [-0.25, -0.2) is 9.78 Å². The minimum Gasteiger partial charge on any atom is -0.462 e. The molecule has 2 atom stereocenters. The number of benzene rings is 1. The van der Waals surface area contributed by atoms with Crippen LogP contribution in [0.4, 0.5) is 5.69 Å². The van der Waals surface area contributed by atoms with Crippen LogP contribution >= 0.6 is 0 Å². The number of hydrogen-bond acceptors (Lipinski definition) is 5. The van der Waals surface area contributed by atoms with Gasteiger partial charge in [0, 0.05) is 30.0 Å². The molecule has 2 unspecified atom stereocenters. The van der Waals surface area contributed by atoms with Crippen molar-refractivity contribution in [2.24, 2.45) is 0 Å². The first-order valence-corrected chi connectivity index (χ1v) is 9.96. The summed E-state index contributed by atoms with van der Waals surface area (Å²) in [5.41, 5.74) is 2.91. The Morgan fingerprint density at radius 2 is 1.96 bits per heavy atom. The summed E-state index contributed by atoms with van der Waals surface area (Å²) in [5.74, 6) is 0.194. The van der Waals surface area contributed by atoms with Crippen molar-refractivity contribution in [1.82, 2.24) is 4.98 Å². The Balaban J connectivity index is 1.81. The molecule has 1 aliphatic heterocycles. The summed E-state index contributed by atoms with van der Waals surface area (Å²) in [5, 5.41) is 0. The molecular formula is C23H30N2O3. The molecule has 1 aromatic heterocycles. The molecule has 5 nitrogen and oxygen atoms in total. The summed E-state index contributed by atoms with van der Waals surface area (Å²) in [4.78, 5) is 19.3. The van der Waals surface area contributed by atoms with Crippen molar-refractivity contribution in [3.05, 3.63) is 53.7 Å². The van der Waals surface area contributed by atoms with Crippen LogP contribution in [0, 0.1) is 0 Å². The van der Waals surface area contributed by atoms with Crippen LogP contribution in [0.1, 0.15) is 52.2 Å². The highest BCUT2D eigenvalue weighted by Crippen LogP contribution is 2.38. The highest BCUT2D eigenvalue weighted by molar-refractivity contribution is 5.75. The third-order valence-electron chi connectivity index (χ3n) is 4.82. The molecule has 0 amide bonds. The standard InChI is InChI=1S/C23H30N2O3/c1-6-20(22(26)28-23(3,4)5)27-21-18-14-16(2)25(19(18)12-13-24-21)15-17-10-8-7-9-11-17/h7-13,16,20H,6,14-15H2,1-5H3. The smallest absolute Gasteiger partial charge is 0.347 e. The lowest BCUT2D eigenvalue weighted by Crippen LogP contribution is -2.35. The molecule has 0 fully saturated rings. The summed E-state index contributed by atoms with van der Waals surface area (Å²) < 4.78 is 11.6. The van der Waals surface area contributed by atoms with Gasteiger partial charge in [0.25, 0.3) is 0 Å². The maximum atomic E-state index is 12.5. The average molecular weight is 383 g/mol. The summed E-state index contributed by atoms with van der Waals surface area (Å²) in [6.07, 6.45) is 2.47. The molecule has 2 heterocycles. The van der Waals surface area contributed by atoms with E-state index >= 15 is 0 Å². The number of fused-ring (bicyclic) bond motifs is 1. The van der Waals surface area contributed by atoms with Crippen LogP contribution in [0.3, 0.4) is 0 Å². The Kier molecular flexibility index (Phi) is 5.92. The van der Waals surface area contributed by atoms with Crippen molar-refractivity contribution in [2.45, 2.75) is 71.8 Å². The van der Waals surface area contributed by atoms with E-state index in [1.54, 1.807) is 6.20 Å². The van der Waals surface area contributed by atoms with Crippen LogP contribution in [0.2, 0.25) is 0 Å². The van der Waals surface area contributed by atoms with E-state index in [2.05, 4.69) is 41.1 Å². The lowest BCUT2D eigenvalue weighted by molar-refractivity contribution is -0.163. The Morgan fingerprint density at radius 1 is 1.25 bits per heavy atom. The predicted octanol–water partition coefficient (Wildman–Crippen LogP) is 4.53. The van der Waals surface area contributed by atoms with Gasteiger partial charge in [0.15, 0.2) is 6.10 Å². The molecule has 2 aromatic rings. The normalized spacial score (nSPS) is 17.2. The number of aromatic nitrogens is 1. The average Bonchev–Trinajstić information content (AvgIpc) is 2.95. The van der Waals surface area contributed by atoms with E-state index in [0.29, 0.717) is 18.3 Å². The number of carbonyl (C=O) groups is 1. The maximum Gasteiger partial charge on any atom is 0.347 e. The number of anilines is 1. The fraction of sp³-hybridized carbons (Fsp3) is 0.478. The van der Waals surface area contributed by atoms with Crippen LogP contribution in [0.25, 0.3) is 0 Å². The number of pyridine rings is 1. The first-order chi connectivity index (χ1) is 13.3. The number of carbonyl (C=O) groups excluding carboxylic acids is 1. The molecule has 0 N–H and O–H groups in total. The highest BCUT2D eigenvalue weighted by Gasteiger charge is 2.32. The van der Waals surface area contributed by atoms with E-state index in [0.717, 1.165) is 24.2 Å². The van der Waals surface area contributed by atoms with Gasteiger partial charge < -0.3 is 14.4 Å². The fourth-order valence-corrected chi connectivity index (χ4v) is 3.49. The predicted molar refractivity (Wildman–Crippen MR) is 111 cm³/mol. The molecular weight excluding hydrogens is 352 g/mol.